The summed E-state index contributed by atoms with van der Waals surface area (Å²) in [6.45, 7) is 1.25. The molecule has 1 saturated heterocycles. The monoisotopic (exact) mass is 394 g/mol. The van der Waals surface area contributed by atoms with Gasteiger partial charge in [-0.15, -0.1) is 0 Å². The Kier molecular flexibility index (Phi) is 4.87. The molecule has 10 heteroatoms. The van der Waals surface area contributed by atoms with E-state index in [4.69, 9.17) is 4.74 Å². The zero-order valence-electron chi connectivity index (χ0n) is 15.7. The average molecular weight is 394 g/mol. The van der Waals surface area contributed by atoms with Crippen molar-refractivity contribution in [1.82, 2.24) is 19.5 Å². The van der Waals surface area contributed by atoms with E-state index in [0.29, 0.717) is 42.8 Å². The Balaban J connectivity index is 1.56. The molecule has 3 aromatic rings. The van der Waals surface area contributed by atoms with Gasteiger partial charge in [0.1, 0.15) is 6.07 Å². The molecule has 1 aliphatic heterocycles. The molecule has 0 atom stereocenters. The molecule has 29 heavy (non-hydrogen) atoms. The van der Waals surface area contributed by atoms with Crippen LogP contribution in [0, 0.1) is 11.3 Å². The van der Waals surface area contributed by atoms with Crippen LogP contribution in [0.2, 0.25) is 0 Å². The summed E-state index contributed by atoms with van der Waals surface area (Å²) >= 11 is 0. The molecule has 0 spiro atoms. The van der Waals surface area contributed by atoms with Crippen molar-refractivity contribution >= 4 is 23.0 Å². The molecule has 0 aliphatic carbocycles. The second kappa shape index (κ2) is 7.63. The number of rotatable bonds is 3. The molecular formula is C19H18N6O4. The van der Waals surface area contributed by atoms with Gasteiger partial charge in [0.05, 0.1) is 30.1 Å². The molecular weight excluding hydrogens is 376 g/mol. The summed E-state index contributed by atoms with van der Waals surface area (Å²) in [6.07, 6.45) is 3.56. The van der Waals surface area contributed by atoms with Crippen LogP contribution in [0.15, 0.2) is 35.4 Å². The summed E-state index contributed by atoms with van der Waals surface area (Å²) in [5, 5.41) is 9.42. The fourth-order valence-electron chi connectivity index (χ4n) is 3.64. The van der Waals surface area contributed by atoms with Crippen molar-refractivity contribution < 1.29 is 14.3 Å². The first-order chi connectivity index (χ1) is 14.1. The second-order valence-electron chi connectivity index (χ2n) is 6.60. The number of ether oxygens (including phenoxy) is 2. The lowest BCUT2D eigenvalue weighted by atomic mass is 10.0. The number of hydrogen-bond acceptors (Lipinski definition) is 8. The summed E-state index contributed by atoms with van der Waals surface area (Å²) in [5.41, 5.74) is 2.20. The predicted molar refractivity (Wildman–Crippen MR) is 103 cm³/mol. The van der Waals surface area contributed by atoms with Gasteiger partial charge in [-0.05, 0) is 25.0 Å². The van der Waals surface area contributed by atoms with Crippen LogP contribution in [0.5, 0.6) is 5.88 Å². The van der Waals surface area contributed by atoms with Gasteiger partial charge < -0.3 is 14.4 Å². The predicted octanol–water partition coefficient (Wildman–Crippen LogP) is 1.98. The molecule has 1 N–H and O–H groups in total. The van der Waals surface area contributed by atoms with E-state index in [1.807, 2.05) is 11.0 Å². The van der Waals surface area contributed by atoms with E-state index in [0.717, 1.165) is 5.52 Å². The van der Waals surface area contributed by atoms with Gasteiger partial charge >= 0.3 is 11.8 Å². The molecule has 148 valence electrons. The van der Waals surface area contributed by atoms with Crippen LogP contribution in [0.1, 0.15) is 24.4 Å². The number of fused-ring (bicyclic) bond motifs is 1. The van der Waals surface area contributed by atoms with Gasteiger partial charge in [-0.3, -0.25) is 9.55 Å². The molecule has 4 rings (SSSR count). The maximum absolute atomic E-state index is 12.4. The Bertz CT molecular complexity index is 1150. The van der Waals surface area contributed by atoms with E-state index in [1.165, 1.54) is 13.3 Å². The first kappa shape index (κ1) is 18.5. The summed E-state index contributed by atoms with van der Waals surface area (Å²) < 4.78 is 11.2. The van der Waals surface area contributed by atoms with E-state index in [-0.39, 0.29) is 17.6 Å². The number of H-pyrrole nitrogens is 1. The van der Waals surface area contributed by atoms with Crippen molar-refractivity contribution in [3.8, 4) is 11.9 Å². The zero-order chi connectivity index (χ0) is 20.4. The van der Waals surface area contributed by atoms with E-state index in [1.54, 1.807) is 22.9 Å². The van der Waals surface area contributed by atoms with Crippen LogP contribution in [-0.2, 0) is 4.74 Å². The number of piperidine rings is 1. The highest BCUT2D eigenvalue weighted by Gasteiger charge is 2.25. The lowest BCUT2D eigenvalue weighted by Gasteiger charge is -2.34. The molecule has 1 aliphatic rings. The Morgan fingerprint density at radius 2 is 2.14 bits per heavy atom. The van der Waals surface area contributed by atoms with Crippen LogP contribution >= 0.6 is 0 Å². The van der Waals surface area contributed by atoms with Crippen molar-refractivity contribution in [2.45, 2.75) is 18.9 Å². The number of pyridine rings is 2. The van der Waals surface area contributed by atoms with Crippen LogP contribution in [0.25, 0.3) is 11.2 Å². The summed E-state index contributed by atoms with van der Waals surface area (Å²) in [7, 11) is 1.21. The molecule has 0 aromatic carbocycles. The first-order valence-electron chi connectivity index (χ1n) is 9.07. The van der Waals surface area contributed by atoms with Crippen LogP contribution in [0.4, 0.5) is 10.5 Å². The summed E-state index contributed by atoms with van der Waals surface area (Å²) in [6, 6.07) is 7.37. The number of aromatic amines is 1. The number of carbonyl (C=O) groups excluding carboxylic acids is 1. The highest BCUT2D eigenvalue weighted by Crippen LogP contribution is 2.30. The molecule has 1 fully saturated rings. The molecule has 4 heterocycles. The van der Waals surface area contributed by atoms with Gasteiger partial charge in [-0.25, -0.2) is 19.6 Å². The standard InChI is InChI=1S/C19H18N6O4/c1-28-19(27)29-16-9-15(12(10-20)11-22-16)24-7-4-13(5-8-24)25-14-3-2-6-21-17(14)23-18(25)26/h2-3,6,9,11,13H,4-5,7-8H2,1H3,(H,21,23,26). The van der Waals surface area contributed by atoms with E-state index >= 15 is 0 Å². The number of imidazole rings is 1. The smallest absolute Gasteiger partial charge is 0.437 e. The van der Waals surface area contributed by atoms with Crippen molar-refractivity contribution in [3.05, 3.63) is 46.6 Å². The number of nitrogens with zero attached hydrogens (tertiary/aromatic N) is 5. The van der Waals surface area contributed by atoms with Crippen molar-refractivity contribution in [2.24, 2.45) is 0 Å². The number of anilines is 1. The molecule has 0 unspecified atom stereocenters. The van der Waals surface area contributed by atoms with Crippen LogP contribution in [0.3, 0.4) is 0 Å². The fraction of sp³-hybridized carbons (Fsp3) is 0.316. The van der Waals surface area contributed by atoms with E-state index in [2.05, 4.69) is 25.8 Å². The molecule has 0 amide bonds. The maximum atomic E-state index is 12.4. The second-order valence-corrected chi connectivity index (χ2v) is 6.60. The Labute approximate surface area is 165 Å². The third kappa shape index (κ3) is 3.50. The number of methoxy groups -OCH3 is 1. The largest absolute Gasteiger partial charge is 0.514 e. The highest BCUT2D eigenvalue weighted by atomic mass is 16.7. The normalized spacial score (nSPS) is 14.6. The molecule has 3 aromatic heterocycles. The maximum Gasteiger partial charge on any atom is 0.514 e. The van der Waals surface area contributed by atoms with Gasteiger partial charge in [-0.1, -0.05) is 0 Å². The lowest BCUT2D eigenvalue weighted by molar-refractivity contribution is 0.119. The Hall–Kier alpha value is -3.87. The van der Waals surface area contributed by atoms with Crippen molar-refractivity contribution in [1.29, 1.82) is 5.26 Å². The average Bonchev–Trinajstić information content (AvgIpc) is 3.09. The molecule has 0 bridgehead atoms. The Morgan fingerprint density at radius 3 is 2.86 bits per heavy atom. The number of carbonyl (C=O) groups is 1. The van der Waals surface area contributed by atoms with Gasteiger partial charge in [0, 0.05) is 31.4 Å². The van der Waals surface area contributed by atoms with Crippen LogP contribution in [-0.4, -0.2) is 45.9 Å². The first-order valence-corrected chi connectivity index (χ1v) is 9.07. The number of nitrogens with one attached hydrogen (secondary N) is 1. The molecule has 0 saturated carbocycles. The Morgan fingerprint density at radius 1 is 1.34 bits per heavy atom. The fourth-order valence-corrected chi connectivity index (χ4v) is 3.64. The number of nitriles is 1. The third-order valence-corrected chi connectivity index (χ3v) is 4.99. The number of aromatic nitrogens is 4. The van der Waals surface area contributed by atoms with Crippen LogP contribution < -0.4 is 15.3 Å². The molecule has 0 radical (unpaired) electrons. The minimum absolute atomic E-state index is 0.0230. The SMILES string of the molecule is COC(=O)Oc1cc(N2CCC(n3c(=O)[nH]c4ncccc43)CC2)c(C#N)cn1. The summed E-state index contributed by atoms with van der Waals surface area (Å²) in [5.74, 6) is 0.0619. The van der Waals surface area contributed by atoms with Gasteiger partial charge in [0.15, 0.2) is 5.65 Å². The van der Waals surface area contributed by atoms with Gasteiger partial charge in [0.25, 0.3) is 0 Å². The number of hydrogen-bond donors (Lipinski definition) is 1. The topological polar surface area (TPSA) is 126 Å². The minimum Gasteiger partial charge on any atom is -0.437 e. The minimum atomic E-state index is -0.876. The van der Waals surface area contributed by atoms with E-state index < -0.39 is 6.16 Å². The van der Waals surface area contributed by atoms with Crippen molar-refractivity contribution in [3.63, 3.8) is 0 Å². The van der Waals surface area contributed by atoms with Gasteiger partial charge in [-0.2, -0.15) is 5.26 Å². The molecule has 10 nitrogen and oxygen atoms in total. The van der Waals surface area contributed by atoms with Gasteiger partial charge in [0.2, 0.25) is 5.88 Å². The third-order valence-electron chi connectivity index (χ3n) is 4.99. The zero-order valence-corrected chi connectivity index (χ0v) is 15.7. The lowest BCUT2D eigenvalue weighted by Crippen LogP contribution is -2.37. The van der Waals surface area contributed by atoms with E-state index in [9.17, 15) is 14.9 Å². The highest BCUT2D eigenvalue weighted by molar-refractivity contribution is 5.70. The van der Waals surface area contributed by atoms with Crippen molar-refractivity contribution in [2.75, 3.05) is 25.1 Å². The summed E-state index contributed by atoms with van der Waals surface area (Å²) in [4.78, 5) is 36.7. The quantitative estimate of drug-likeness (QED) is 0.668.